The number of pyridine rings is 1. The Kier molecular flexibility index (Phi) is 4.39. The molecule has 2 aromatic heterocycles. The van der Waals surface area contributed by atoms with Crippen molar-refractivity contribution in [1.29, 1.82) is 0 Å². The summed E-state index contributed by atoms with van der Waals surface area (Å²) in [6.45, 7) is 6.02. The molecule has 0 aromatic carbocycles. The molecule has 2 heterocycles. The molecule has 3 nitrogen and oxygen atoms in total. The van der Waals surface area contributed by atoms with Crippen LogP contribution >= 0.6 is 11.6 Å². The molecule has 1 unspecified atom stereocenters. The Morgan fingerprint density at radius 1 is 1.44 bits per heavy atom. The lowest BCUT2D eigenvalue weighted by atomic mass is 10.2. The van der Waals surface area contributed by atoms with E-state index in [0.717, 1.165) is 18.7 Å². The number of nitrogens with one attached hydrogen (secondary N) is 1. The second kappa shape index (κ2) is 6.03. The molecule has 0 saturated heterocycles. The third-order valence-electron chi connectivity index (χ3n) is 3.02. The van der Waals surface area contributed by atoms with Crippen LogP contribution in [0.5, 0.6) is 0 Å². The van der Waals surface area contributed by atoms with Crippen molar-refractivity contribution in [2.45, 2.75) is 26.4 Å². The van der Waals surface area contributed by atoms with Gasteiger partial charge in [-0.25, -0.2) is 0 Å². The highest BCUT2D eigenvalue weighted by atomic mass is 35.5. The molecule has 0 saturated carbocycles. The van der Waals surface area contributed by atoms with Crippen molar-refractivity contribution in [2.75, 3.05) is 6.54 Å². The largest absolute Gasteiger partial charge is 0.346 e. The van der Waals surface area contributed by atoms with E-state index in [9.17, 15) is 0 Å². The van der Waals surface area contributed by atoms with E-state index in [1.54, 1.807) is 12.4 Å². The van der Waals surface area contributed by atoms with Gasteiger partial charge in [-0.2, -0.15) is 0 Å². The SMILES string of the molecule is CCNC(C)c1cccn1Cc1ccncc1Cl. The highest BCUT2D eigenvalue weighted by Crippen LogP contribution is 2.19. The molecule has 0 aliphatic heterocycles. The fourth-order valence-electron chi connectivity index (χ4n) is 2.09. The van der Waals surface area contributed by atoms with Crippen molar-refractivity contribution in [1.82, 2.24) is 14.9 Å². The second-order valence-electron chi connectivity index (χ2n) is 4.31. The molecule has 0 aliphatic rings. The van der Waals surface area contributed by atoms with Gasteiger partial charge in [0.2, 0.25) is 0 Å². The van der Waals surface area contributed by atoms with E-state index in [1.165, 1.54) is 5.69 Å². The highest BCUT2D eigenvalue weighted by Gasteiger charge is 2.10. The van der Waals surface area contributed by atoms with Gasteiger partial charge in [0.05, 0.1) is 5.02 Å². The van der Waals surface area contributed by atoms with E-state index in [1.807, 2.05) is 6.07 Å². The van der Waals surface area contributed by atoms with Crippen LogP contribution in [-0.4, -0.2) is 16.1 Å². The Morgan fingerprint density at radius 3 is 3.00 bits per heavy atom. The van der Waals surface area contributed by atoms with Gasteiger partial charge in [-0.3, -0.25) is 4.98 Å². The van der Waals surface area contributed by atoms with Gasteiger partial charge >= 0.3 is 0 Å². The summed E-state index contributed by atoms with van der Waals surface area (Å²) in [5.74, 6) is 0. The molecule has 0 fully saturated rings. The minimum Gasteiger partial charge on any atom is -0.346 e. The minimum absolute atomic E-state index is 0.339. The molecule has 0 aliphatic carbocycles. The third kappa shape index (κ3) is 2.92. The predicted octanol–water partition coefficient (Wildman–Crippen LogP) is 3.26. The lowest BCUT2D eigenvalue weighted by Crippen LogP contribution is -2.20. The monoisotopic (exact) mass is 263 g/mol. The molecule has 0 amide bonds. The third-order valence-corrected chi connectivity index (χ3v) is 3.36. The summed E-state index contributed by atoms with van der Waals surface area (Å²) in [6.07, 6.45) is 5.55. The van der Waals surface area contributed by atoms with E-state index in [0.29, 0.717) is 11.1 Å². The van der Waals surface area contributed by atoms with E-state index < -0.39 is 0 Å². The lowest BCUT2D eigenvalue weighted by Gasteiger charge is -2.16. The topological polar surface area (TPSA) is 29.9 Å². The summed E-state index contributed by atoms with van der Waals surface area (Å²) in [5, 5.41) is 4.14. The van der Waals surface area contributed by atoms with Gasteiger partial charge in [0, 0.05) is 36.9 Å². The minimum atomic E-state index is 0.339. The van der Waals surface area contributed by atoms with Crippen LogP contribution in [0.1, 0.15) is 31.1 Å². The van der Waals surface area contributed by atoms with E-state index in [-0.39, 0.29) is 0 Å². The van der Waals surface area contributed by atoms with Crippen LogP contribution in [0, 0.1) is 0 Å². The zero-order chi connectivity index (χ0) is 13.0. The summed E-state index contributed by atoms with van der Waals surface area (Å²) in [4.78, 5) is 4.01. The number of hydrogen-bond acceptors (Lipinski definition) is 2. The van der Waals surface area contributed by atoms with Crippen molar-refractivity contribution in [3.05, 3.63) is 53.1 Å². The van der Waals surface area contributed by atoms with E-state index >= 15 is 0 Å². The number of aromatic nitrogens is 2. The molecule has 2 aromatic rings. The number of rotatable bonds is 5. The van der Waals surface area contributed by atoms with Gasteiger partial charge in [-0.15, -0.1) is 0 Å². The Hall–Kier alpha value is -1.32. The van der Waals surface area contributed by atoms with Crippen molar-refractivity contribution in [3.63, 3.8) is 0 Å². The van der Waals surface area contributed by atoms with Crippen LogP contribution in [0.15, 0.2) is 36.8 Å². The smallest absolute Gasteiger partial charge is 0.0639 e. The molecule has 1 N–H and O–H groups in total. The second-order valence-corrected chi connectivity index (χ2v) is 4.71. The lowest BCUT2D eigenvalue weighted by molar-refractivity contribution is 0.553. The van der Waals surface area contributed by atoms with Crippen molar-refractivity contribution in [3.8, 4) is 0 Å². The summed E-state index contributed by atoms with van der Waals surface area (Å²) >= 11 is 6.14. The zero-order valence-corrected chi connectivity index (χ0v) is 11.5. The normalized spacial score (nSPS) is 12.6. The molecule has 0 spiro atoms. The van der Waals surface area contributed by atoms with Gasteiger partial charge in [0.1, 0.15) is 0 Å². The maximum Gasteiger partial charge on any atom is 0.0639 e. The van der Waals surface area contributed by atoms with Crippen LogP contribution in [0.3, 0.4) is 0 Å². The Bertz CT molecular complexity index is 507. The first-order chi connectivity index (χ1) is 8.72. The maximum absolute atomic E-state index is 6.14. The van der Waals surface area contributed by atoms with Crippen molar-refractivity contribution in [2.24, 2.45) is 0 Å². The number of nitrogens with zero attached hydrogens (tertiary/aromatic N) is 2. The average Bonchev–Trinajstić information content (AvgIpc) is 2.81. The molecule has 0 radical (unpaired) electrons. The highest BCUT2D eigenvalue weighted by molar-refractivity contribution is 6.31. The maximum atomic E-state index is 6.14. The molecular weight excluding hydrogens is 246 g/mol. The first kappa shape index (κ1) is 13.1. The Balaban J connectivity index is 2.20. The summed E-state index contributed by atoms with van der Waals surface area (Å²) in [6, 6.07) is 6.51. The molecule has 0 bridgehead atoms. The quantitative estimate of drug-likeness (QED) is 0.897. The average molecular weight is 264 g/mol. The van der Waals surface area contributed by atoms with Crippen LogP contribution in [-0.2, 0) is 6.54 Å². The standard InChI is InChI=1S/C14H18ClN3/c1-3-17-11(2)14-5-4-8-18(14)10-12-6-7-16-9-13(12)15/h4-9,11,17H,3,10H2,1-2H3. The number of hydrogen-bond donors (Lipinski definition) is 1. The van der Waals surface area contributed by atoms with Gasteiger partial charge in [-0.05, 0) is 37.2 Å². The Morgan fingerprint density at radius 2 is 2.28 bits per heavy atom. The molecule has 1 atom stereocenters. The number of halogens is 1. The fourth-order valence-corrected chi connectivity index (χ4v) is 2.27. The van der Waals surface area contributed by atoms with E-state index in [4.69, 9.17) is 11.6 Å². The van der Waals surface area contributed by atoms with Gasteiger partial charge < -0.3 is 9.88 Å². The van der Waals surface area contributed by atoms with Gasteiger partial charge in [-0.1, -0.05) is 18.5 Å². The van der Waals surface area contributed by atoms with Crippen LogP contribution in [0.25, 0.3) is 0 Å². The van der Waals surface area contributed by atoms with Crippen molar-refractivity contribution >= 4 is 11.6 Å². The van der Waals surface area contributed by atoms with E-state index in [2.05, 4.69) is 47.0 Å². The van der Waals surface area contributed by atoms with Crippen LogP contribution < -0.4 is 5.32 Å². The zero-order valence-electron chi connectivity index (χ0n) is 10.7. The van der Waals surface area contributed by atoms with Crippen LogP contribution in [0.2, 0.25) is 5.02 Å². The fraction of sp³-hybridized carbons (Fsp3) is 0.357. The molecular formula is C14H18ClN3. The summed E-state index contributed by atoms with van der Waals surface area (Å²) < 4.78 is 2.22. The summed E-state index contributed by atoms with van der Waals surface area (Å²) in [5.41, 5.74) is 2.36. The molecule has 4 heteroatoms. The molecule has 2 rings (SSSR count). The first-order valence-electron chi connectivity index (χ1n) is 6.19. The first-order valence-corrected chi connectivity index (χ1v) is 6.57. The predicted molar refractivity (Wildman–Crippen MR) is 74.9 cm³/mol. The van der Waals surface area contributed by atoms with Crippen molar-refractivity contribution < 1.29 is 0 Å². The van der Waals surface area contributed by atoms with Crippen LogP contribution in [0.4, 0.5) is 0 Å². The van der Waals surface area contributed by atoms with Gasteiger partial charge in [0.15, 0.2) is 0 Å². The molecule has 18 heavy (non-hydrogen) atoms. The Labute approximate surface area is 113 Å². The molecule has 96 valence electrons. The van der Waals surface area contributed by atoms with Gasteiger partial charge in [0.25, 0.3) is 0 Å². The summed E-state index contributed by atoms with van der Waals surface area (Å²) in [7, 11) is 0.